The molecule has 0 aliphatic carbocycles. The van der Waals surface area contributed by atoms with Crippen LogP contribution in [0.5, 0.6) is 11.5 Å². The van der Waals surface area contributed by atoms with Crippen LogP contribution in [0.3, 0.4) is 0 Å². The fourth-order valence-electron chi connectivity index (χ4n) is 3.80. The summed E-state index contributed by atoms with van der Waals surface area (Å²) in [4.78, 5) is 28.2. The van der Waals surface area contributed by atoms with Gasteiger partial charge in [0.25, 0.3) is 11.8 Å². The number of methoxy groups -OCH3 is 1. The molecule has 3 aromatic rings. The van der Waals surface area contributed by atoms with Gasteiger partial charge >= 0.3 is 0 Å². The number of benzene rings is 3. The maximum absolute atomic E-state index is 13.5. The molecule has 4 rings (SSSR count). The summed E-state index contributed by atoms with van der Waals surface area (Å²) in [5.41, 5.74) is 3.06. The van der Waals surface area contributed by atoms with Gasteiger partial charge in [-0.15, -0.1) is 0 Å². The Morgan fingerprint density at radius 3 is 2.15 bits per heavy atom. The van der Waals surface area contributed by atoms with Crippen molar-refractivity contribution in [2.45, 2.75) is 19.8 Å². The molecular formula is C28H28N2O4. The van der Waals surface area contributed by atoms with Crippen LogP contribution in [0.2, 0.25) is 0 Å². The van der Waals surface area contributed by atoms with Crippen LogP contribution in [-0.4, -0.2) is 37.0 Å². The maximum atomic E-state index is 13.5. The molecule has 34 heavy (non-hydrogen) atoms. The molecule has 0 aromatic heterocycles. The Bertz CT molecular complexity index is 1170. The monoisotopic (exact) mass is 456 g/mol. The Morgan fingerprint density at radius 1 is 0.824 bits per heavy atom. The fraction of sp³-hybridized carbons (Fsp3) is 0.214. The highest BCUT2D eigenvalue weighted by Gasteiger charge is 2.39. The molecule has 0 spiro atoms. The molecule has 0 unspecified atom stereocenters. The minimum absolute atomic E-state index is 0.269. The van der Waals surface area contributed by atoms with Gasteiger partial charge in [-0.3, -0.25) is 14.5 Å². The number of imide groups is 1. The minimum Gasteiger partial charge on any atom is -0.497 e. The predicted octanol–water partition coefficient (Wildman–Crippen LogP) is 4.92. The first kappa shape index (κ1) is 23.1. The summed E-state index contributed by atoms with van der Waals surface area (Å²) in [7, 11) is 1.60. The van der Waals surface area contributed by atoms with E-state index < -0.39 is 0 Å². The molecule has 1 aliphatic heterocycles. The number of amides is 2. The summed E-state index contributed by atoms with van der Waals surface area (Å²) in [6.45, 7) is 2.97. The summed E-state index contributed by atoms with van der Waals surface area (Å²) >= 11 is 0. The van der Waals surface area contributed by atoms with E-state index in [4.69, 9.17) is 9.47 Å². The lowest BCUT2D eigenvalue weighted by molar-refractivity contribution is -0.136. The topological polar surface area (TPSA) is 67.9 Å². The van der Waals surface area contributed by atoms with Crippen LogP contribution in [-0.2, 0) is 16.0 Å². The lowest BCUT2D eigenvalue weighted by Crippen LogP contribution is -2.34. The van der Waals surface area contributed by atoms with Crippen molar-refractivity contribution in [1.29, 1.82) is 0 Å². The maximum Gasteiger partial charge on any atom is 0.278 e. The van der Waals surface area contributed by atoms with Crippen molar-refractivity contribution in [1.82, 2.24) is 4.90 Å². The third-order valence-electron chi connectivity index (χ3n) is 5.61. The van der Waals surface area contributed by atoms with E-state index in [2.05, 4.69) is 5.32 Å². The van der Waals surface area contributed by atoms with Gasteiger partial charge in [0.15, 0.2) is 0 Å². The third kappa shape index (κ3) is 5.12. The first-order valence-electron chi connectivity index (χ1n) is 11.4. The number of ether oxygens (including phenoxy) is 2. The van der Waals surface area contributed by atoms with E-state index in [1.165, 1.54) is 4.90 Å². The highest BCUT2D eigenvalue weighted by molar-refractivity contribution is 6.36. The third-order valence-corrected chi connectivity index (χ3v) is 5.61. The van der Waals surface area contributed by atoms with Crippen molar-refractivity contribution in [3.8, 4) is 11.5 Å². The molecule has 6 nitrogen and oxygen atoms in total. The number of anilines is 1. The number of rotatable bonds is 10. The van der Waals surface area contributed by atoms with Crippen molar-refractivity contribution in [3.63, 3.8) is 0 Å². The Kier molecular flexibility index (Phi) is 7.28. The first-order chi connectivity index (χ1) is 16.6. The number of nitrogens with zero attached hydrogens (tertiary/aromatic N) is 1. The second kappa shape index (κ2) is 10.7. The van der Waals surface area contributed by atoms with Crippen LogP contribution in [0.1, 0.15) is 24.5 Å². The average Bonchev–Trinajstić information content (AvgIpc) is 3.11. The van der Waals surface area contributed by atoms with Crippen LogP contribution >= 0.6 is 0 Å². The van der Waals surface area contributed by atoms with E-state index in [0.29, 0.717) is 42.1 Å². The fourth-order valence-corrected chi connectivity index (χ4v) is 3.80. The molecule has 1 heterocycles. The van der Waals surface area contributed by atoms with E-state index in [-0.39, 0.29) is 17.5 Å². The molecule has 174 valence electrons. The summed E-state index contributed by atoms with van der Waals surface area (Å²) in [6.07, 6.45) is 1.50. The van der Waals surface area contributed by atoms with Crippen LogP contribution < -0.4 is 14.8 Å². The molecule has 1 N–H and O–H groups in total. The second-order valence-corrected chi connectivity index (χ2v) is 7.97. The van der Waals surface area contributed by atoms with Crippen molar-refractivity contribution < 1.29 is 19.1 Å². The molecule has 2 amide bonds. The predicted molar refractivity (Wildman–Crippen MR) is 133 cm³/mol. The van der Waals surface area contributed by atoms with Gasteiger partial charge in [-0.2, -0.15) is 0 Å². The van der Waals surface area contributed by atoms with Gasteiger partial charge in [0.2, 0.25) is 0 Å². The smallest absolute Gasteiger partial charge is 0.278 e. The minimum atomic E-state index is -0.335. The van der Waals surface area contributed by atoms with Crippen molar-refractivity contribution >= 4 is 23.1 Å². The number of carbonyl (C=O) groups is 2. The first-order valence-corrected chi connectivity index (χ1v) is 11.4. The number of nitrogens with one attached hydrogen (secondary N) is 1. The highest BCUT2D eigenvalue weighted by Crippen LogP contribution is 2.32. The normalized spacial score (nSPS) is 13.4. The average molecular weight is 457 g/mol. The van der Waals surface area contributed by atoms with E-state index in [0.717, 1.165) is 17.7 Å². The SMILES string of the molecule is CCCOc1ccc(C2=C(Nc3ccc(OC)cc3)C(=O)N(CCc3ccccc3)C2=O)cc1. The Hall–Kier alpha value is -4.06. The molecule has 0 fully saturated rings. The zero-order chi connectivity index (χ0) is 23.9. The largest absolute Gasteiger partial charge is 0.497 e. The molecule has 0 saturated carbocycles. The lowest BCUT2D eigenvalue weighted by atomic mass is 10.0. The van der Waals surface area contributed by atoms with Crippen LogP contribution in [0.4, 0.5) is 5.69 Å². The molecule has 0 bridgehead atoms. The molecule has 1 aliphatic rings. The van der Waals surface area contributed by atoms with Gasteiger partial charge in [0.05, 0.1) is 19.3 Å². The summed E-state index contributed by atoms with van der Waals surface area (Å²) in [6, 6.07) is 24.4. The number of carbonyl (C=O) groups excluding carboxylic acids is 2. The van der Waals surface area contributed by atoms with Gasteiger partial charge in [-0.1, -0.05) is 49.4 Å². The molecule has 0 saturated heterocycles. The van der Waals surface area contributed by atoms with Crippen LogP contribution in [0.25, 0.3) is 5.57 Å². The number of hydrogen-bond acceptors (Lipinski definition) is 5. The Labute approximate surface area is 199 Å². The molecule has 0 radical (unpaired) electrons. The van der Waals surface area contributed by atoms with E-state index in [1.54, 1.807) is 19.2 Å². The zero-order valence-electron chi connectivity index (χ0n) is 19.4. The van der Waals surface area contributed by atoms with E-state index in [9.17, 15) is 9.59 Å². The van der Waals surface area contributed by atoms with Gasteiger partial charge < -0.3 is 14.8 Å². The molecular weight excluding hydrogens is 428 g/mol. The summed E-state index contributed by atoms with van der Waals surface area (Å²) in [5, 5.41) is 3.18. The van der Waals surface area contributed by atoms with E-state index >= 15 is 0 Å². The van der Waals surface area contributed by atoms with E-state index in [1.807, 2.05) is 73.7 Å². The molecule has 0 atom stereocenters. The molecule has 3 aromatic carbocycles. The standard InChI is InChI=1S/C28H28N2O4/c1-3-19-34-24-13-9-21(10-14-24)25-26(29-22-11-15-23(33-2)16-12-22)28(32)30(27(25)31)18-17-20-7-5-4-6-8-20/h4-16,29H,3,17-19H2,1-2H3. The van der Waals surface area contributed by atoms with Gasteiger partial charge in [0, 0.05) is 12.2 Å². The number of hydrogen-bond donors (Lipinski definition) is 1. The summed E-state index contributed by atoms with van der Waals surface area (Å²) < 4.78 is 10.9. The second-order valence-electron chi connectivity index (χ2n) is 7.97. The van der Waals surface area contributed by atoms with Gasteiger partial charge in [-0.25, -0.2) is 0 Å². The Morgan fingerprint density at radius 2 is 1.50 bits per heavy atom. The van der Waals surface area contributed by atoms with Crippen molar-refractivity contribution in [3.05, 3.63) is 95.7 Å². The van der Waals surface area contributed by atoms with Gasteiger partial charge in [0.1, 0.15) is 17.2 Å². The van der Waals surface area contributed by atoms with Crippen molar-refractivity contribution in [2.75, 3.05) is 25.6 Å². The molecule has 6 heteroatoms. The highest BCUT2D eigenvalue weighted by atomic mass is 16.5. The zero-order valence-corrected chi connectivity index (χ0v) is 19.4. The van der Waals surface area contributed by atoms with Crippen molar-refractivity contribution in [2.24, 2.45) is 0 Å². The van der Waals surface area contributed by atoms with Crippen LogP contribution in [0.15, 0.2) is 84.6 Å². The quantitative estimate of drug-likeness (QED) is 0.439. The van der Waals surface area contributed by atoms with Crippen LogP contribution in [0, 0.1) is 0 Å². The lowest BCUT2D eigenvalue weighted by Gasteiger charge is -2.15. The Balaban J connectivity index is 1.63. The summed E-state index contributed by atoms with van der Waals surface area (Å²) in [5.74, 6) is 0.798. The van der Waals surface area contributed by atoms with Gasteiger partial charge in [-0.05, 0) is 60.4 Å².